The third-order valence-electron chi connectivity index (χ3n) is 3.13. The number of carbonyl (C=O) groups is 2. The smallest absolute Gasteiger partial charge is 0.274 e. The number of para-hydroxylation sites is 1. The van der Waals surface area contributed by atoms with Crippen LogP contribution < -0.4 is 15.6 Å². The minimum Gasteiger partial charge on any atom is -0.489 e. The summed E-state index contributed by atoms with van der Waals surface area (Å²) in [5.74, 6) is -0.582. The minimum atomic E-state index is -0.702. The first-order valence-electron chi connectivity index (χ1n) is 7.36. The van der Waals surface area contributed by atoms with E-state index in [1.54, 1.807) is 18.2 Å². The van der Waals surface area contributed by atoms with Crippen molar-refractivity contribution in [2.75, 3.05) is 6.61 Å². The number of rotatable bonds is 7. The second kappa shape index (κ2) is 8.99. The summed E-state index contributed by atoms with van der Waals surface area (Å²) in [7, 11) is 0. The second-order valence-corrected chi connectivity index (χ2v) is 4.86. The molecular formula is C18H17N3O4. The number of carbonyl (C=O) groups excluding carboxylic acids is 2. The number of benzene rings is 2. The van der Waals surface area contributed by atoms with Gasteiger partial charge in [0.2, 0.25) is 0 Å². The van der Waals surface area contributed by atoms with Gasteiger partial charge in [0.1, 0.15) is 12.4 Å². The summed E-state index contributed by atoms with van der Waals surface area (Å²) >= 11 is 0. The highest BCUT2D eigenvalue weighted by Crippen LogP contribution is 2.15. The fourth-order valence-corrected chi connectivity index (χ4v) is 1.96. The van der Waals surface area contributed by atoms with Crippen molar-refractivity contribution in [3.8, 4) is 5.75 Å². The highest BCUT2D eigenvalue weighted by Gasteiger charge is 2.09. The van der Waals surface area contributed by atoms with Crippen LogP contribution in [0.15, 0.2) is 66.3 Å². The van der Waals surface area contributed by atoms with Crippen LogP contribution in [0.2, 0.25) is 0 Å². The van der Waals surface area contributed by atoms with E-state index in [1.807, 2.05) is 12.1 Å². The van der Waals surface area contributed by atoms with E-state index in [9.17, 15) is 9.59 Å². The van der Waals surface area contributed by atoms with E-state index >= 15 is 0 Å². The zero-order valence-corrected chi connectivity index (χ0v) is 13.3. The molecule has 128 valence electrons. The van der Waals surface area contributed by atoms with E-state index in [4.69, 9.17) is 9.94 Å². The summed E-state index contributed by atoms with van der Waals surface area (Å²) in [6.07, 6.45) is 3.09. The maximum absolute atomic E-state index is 12.1. The molecule has 2 aromatic carbocycles. The molecule has 0 aliphatic heterocycles. The molecule has 0 atom stereocenters. The normalized spacial score (nSPS) is 10.3. The molecule has 0 aromatic heterocycles. The Bertz CT molecular complexity index is 802. The van der Waals surface area contributed by atoms with Crippen LogP contribution in [-0.4, -0.2) is 29.8 Å². The molecule has 0 unspecified atom stereocenters. The largest absolute Gasteiger partial charge is 0.489 e. The van der Waals surface area contributed by atoms with Gasteiger partial charge in [0.05, 0.1) is 6.21 Å². The molecule has 0 saturated carbocycles. The van der Waals surface area contributed by atoms with Crippen LogP contribution in [-0.2, 0) is 0 Å². The Morgan fingerprint density at radius 3 is 2.56 bits per heavy atom. The van der Waals surface area contributed by atoms with Crippen LogP contribution in [0, 0.1) is 0 Å². The minimum absolute atomic E-state index is 0.155. The van der Waals surface area contributed by atoms with E-state index in [2.05, 4.69) is 17.1 Å². The summed E-state index contributed by atoms with van der Waals surface area (Å²) in [4.78, 5) is 23.5. The highest BCUT2D eigenvalue weighted by atomic mass is 16.5. The van der Waals surface area contributed by atoms with Crippen molar-refractivity contribution in [2.45, 2.75) is 0 Å². The SMILES string of the molecule is C=CCOc1ccccc1/C=N/NC(=O)c1cccc(C(=O)NO)c1. The predicted molar refractivity (Wildman–Crippen MR) is 92.9 cm³/mol. The van der Waals surface area contributed by atoms with Gasteiger partial charge in [-0.25, -0.2) is 10.9 Å². The number of nitrogens with one attached hydrogen (secondary N) is 2. The number of hydrazone groups is 1. The molecule has 0 heterocycles. The Labute approximate surface area is 144 Å². The Morgan fingerprint density at radius 1 is 1.12 bits per heavy atom. The standard InChI is InChI=1S/C18H17N3O4/c1-2-10-25-16-9-4-3-6-15(16)12-19-20-17(22)13-7-5-8-14(11-13)18(23)21-24/h2-9,11-12,24H,1,10H2,(H,20,22)(H,21,23)/b19-12+. The lowest BCUT2D eigenvalue weighted by Gasteiger charge is -2.06. The molecule has 3 N–H and O–H groups in total. The van der Waals surface area contributed by atoms with Crippen LogP contribution >= 0.6 is 0 Å². The van der Waals surface area contributed by atoms with Gasteiger partial charge in [-0.05, 0) is 30.3 Å². The number of amides is 2. The third kappa shape index (κ3) is 5.02. The van der Waals surface area contributed by atoms with Gasteiger partial charge < -0.3 is 4.74 Å². The van der Waals surface area contributed by atoms with Crippen molar-refractivity contribution in [1.29, 1.82) is 0 Å². The van der Waals surface area contributed by atoms with Crippen molar-refractivity contribution in [1.82, 2.24) is 10.9 Å². The number of nitrogens with zero attached hydrogens (tertiary/aromatic N) is 1. The average molecular weight is 339 g/mol. The van der Waals surface area contributed by atoms with E-state index in [-0.39, 0.29) is 11.1 Å². The van der Waals surface area contributed by atoms with Gasteiger partial charge in [0, 0.05) is 16.7 Å². The summed E-state index contributed by atoms with van der Waals surface area (Å²) < 4.78 is 5.49. The summed E-state index contributed by atoms with van der Waals surface area (Å²) in [6, 6.07) is 13.1. The summed E-state index contributed by atoms with van der Waals surface area (Å²) in [6.45, 7) is 3.95. The molecule has 2 rings (SSSR count). The molecule has 0 aliphatic carbocycles. The van der Waals surface area contributed by atoms with Crippen LogP contribution in [0.4, 0.5) is 0 Å². The predicted octanol–water partition coefficient (Wildman–Crippen LogP) is 2.13. The first-order valence-corrected chi connectivity index (χ1v) is 7.36. The van der Waals surface area contributed by atoms with Gasteiger partial charge in [0.25, 0.3) is 11.8 Å². The van der Waals surface area contributed by atoms with Crippen molar-refractivity contribution in [3.05, 3.63) is 77.9 Å². The zero-order valence-electron chi connectivity index (χ0n) is 13.3. The van der Waals surface area contributed by atoms with Gasteiger partial charge in [0.15, 0.2) is 0 Å². The van der Waals surface area contributed by atoms with Crippen molar-refractivity contribution >= 4 is 18.0 Å². The maximum atomic E-state index is 12.1. The molecule has 7 nitrogen and oxygen atoms in total. The lowest BCUT2D eigenvalue weighted by Crippen LogP contribution is -2.21. The Morgan fingerprint density at radius 2 is 1.84 bits per heavy atom. The molecule has 0 bridgehead atoms. The first kappa shape index (κ1) is 17.9. The number of ether oxygens (including phenoxy) is 1. The van der Waals surface area contributed by atoms with E-state index < -0.39 is 11.8 Å². The van der Waals surface area contributed by atoms with Crippen molar-refractivity contribution in [3.63, 3.8) is 0 Å². The Hall–Kier alpha value is -3.45. The maximum Gasteiger partial charge on any atom is 0.274 e. The average Bonchev–Trinajstić information content (AvgIpc) is 2.66. The number of hydrogen-bond acceptors (Lipinski definition) is 5. The molecule has 0 saturated heterocycles. The zero-order chi connectivity index (χ0) is 18.1. The highest BCUT2D eigenvalue weighted by molar-refractivity contribution is 5.99. The lowest BCUT2D eigenvalue weighted by molar-refractivity contribution is 0.0706. The van der Waals surface area contributed by atoms with Crippen LogP contribution in [0.1, 0.15) is 26.3 Å². The number of hydrogen-bond donors (Lipinski definition) is 3. The molecule has 7 heteroatoms. The van der Waals surface area contributed by atoms with Gasteiger partial charge in [-0.15, -0.1) is 0 Å². The molecule has 0 spiro atoms. The number of hydroxylamine groups is 1. The van der Waals surface area contributed by atoms with Gasteiger partial charge >= 0.3 is 0 Å². The van der Waals surface area contributed by atoms with Crippen LogP contribution in [0.3, 0.4) is 0 Å². The van der Waals surface area contributed by atoms with Gasteiger partial charge in [-0.2, -0.15) is 5.10 Å². The van der Waals surface area contributed by atoms with Crippen LogP contribution in [0.25, 0.3) is 0 Å². The summed E-state index contributed by atoms with van der Waals surface area (Å²) in [5, 5.41) is 12.5. The molecular weight excluding hydrogens is 322 g/mol. The molecule has 0 radical (unpaired) electrons. The second-order valence-electron chi connectivity index (χ2n) is 4.86. The monoisotopic (exact) mass is 339 g/mol. The van der Waals surface area contributed by atoms with Crippen LogP contribution in [0.5, 0.6) is 5.75 Å². The van der Waals surface area contributed by atoms with Crippen molar-refractivity contribution < 1.29 is 19.5 Å². The van der Waals surface area contributed by atoms with E-state index in [0.29, 0.717) is 17.9 Å². The Kier molecular flexibility index (Phi) is 6.44. The fraction of sp³-hybridized carbons (Fsp3) is 0.0556. The van der Waals surface area contributed by atoms with Crippen molar-refractivity contribution in [2.24, 2.45) is 5.10 Å². The third-order valence-corrected chi connectivity index (χ3v) is 3.13. The topological polar surface area (TPSA) is 100 Å². The molecule has 0 fully saturated rings. The van der Waals surface area contributed by atoms with Gasteiger partial charge in [-0.3, -0.25) is 14.8 Å². The quantitative estimate of drug-likeness (QED) is 0.311. The summed E-state index contributed by atoms with van der Waals surface area (Å²) in [5.41, 5.74) is 4.97. The molecule has 2 amide bonds. The fourth-order valence-electron chi connectivity index (χ4n) is 1.96. The Balaban J connectivity index is 2.06. The van der Waals surface area contributed by atoms with E-state index in [0.717, 1.165) is 0 Å². The molecule has 25 heavy (non-hydrogen) atoms. The molecule has 2 aromatic rings. The first-order chi connectivity index (χ1) is 12.2. The van der Waals surface area contributed by atoms with E-state index in [1.165, 1.54) is 36.0 Å². The molecule has 0 aliphatic rings. The van der Waals surface area contributed by atoms with Gasteiger partial charge in [-0.1, -0.05) is 30.9 Å². The lowest BCUT2D eigenvalue weighted by atomic mass is 10.1.